The van der Waals surface area contributed by atoms with E-state index in [0.717, 1.165) is 10.9 Å². The van der Waals surface area contributed by atoms with Crippen molar-refractivity contribution in [3.8, 4) is 5.75 Å². The monoisotopic (exact) mass is 299 g/mol. The van der Waals surface area contributed by atoms with Gasteiger partial charge in [-0.2, -0.15) is 9.49 Å². The molecule has 0 amide bonds. The normalized spacial score (nSPS) is 11.3. The van der Waals surface area contributed by atoms with E-state index >= 15 is 0 Å². The fraction of sp³-hybridized carbons (Fsp3) is 0.250. The average Bonchev–Trinajstić information content (AvgIpc) is 2.80. The van der Waals surface area contributed by atoms with Gasteiger partial charge in [-0.25, -0.2) is 13.1 Å². The highest BCUT2D eigenvalue weighted by Crippen LogP contribution is 2.26. The molecule has 0 radical (unpaired) electrons. The Hall–Kier alpha value is -2.09. The van der Waals surface area contributed by atoms with E-state index < -0.39 is 20.9 Å². The molecule has 8 heteroatoms. The Kier molecular flexibility index (Phi) is 3.93. The molecule has 2 aromatic rings. The zero-order valence-corrected chi connectivity index (χ0v) is 11.8. The summed E-state index contributed by atoms with van der Waals surface area (Å²) in [4.78, 5) is -0.495. The maximum absolute atomic E-state index is 13.9. The molecular formula is C12H14FN3O3S. The van der Waals surface area contributed by atoms with Crippen LogP contribution in [0, 0.1) is 5.95 Å². The Labute approximate surface area is 116 Å². The molecule has 0 atom stereocenters. The van der Waals surface area contributed by atoms with Crippen molar-refractivity contribution in [1.82, 2.24) is 9.78 Å². The number of benzene rings is 1. The molecule has 0 spiro atoms. The fourth-order valence-corrected chi connectivity index (χ4v) is 2.76. The number of methoxy groups -OCH3 is 1. The van der Waals surface area contributed by atoms with Crippen LogP contribution in [-0.4, -0.2) is 25.3 Å². The van der Waals surface area contributed by atoms with Crippen LogP contribution in [0.25, 0.3) is 0 Å². The van der Waals surface area contributed by atoms with Crippen molar-refractivity contribution in [1.29, 1.82) is 0 Å². The summed E-state index contributed by atoms with van der Waals surface area (Å²) in [7, 11) is -2.63. The second-order valence-corrected chi connectivity index (χ2v) is 5.57. The van der Waals surface area contributed by atoms with Crippen LogP contribution in [0.1, 0.15) is 6.92 Å². The van der Waals surface area contributed by atoms with Gasteiger partial charge in [-0.15, -0.1) is 0 Å². The molecule has 0 aliphatic carbocycles. The minimum absolute atomic E-state index is 0.235. The molecule has 1 N–H and O–H groups in total. The Bertz CT molecular complexity index is 712. The van der Waals surface area contributed by atoms with Gasteiger partial charge in [-0.3, -0.25) is 4.72 Å². The number of hydrogen-bond acceptors (Lipinski definition) is 4. The highest BCUT2D eigenvalue weighted by molar-refractivity contribution is 7.92. The summed E-state index contributed by atoms with van der Waals surface area (Å²) in [5.74, 6) is -0.547. The van der Waals surface area contributed by atoms with E-state index in [-0.39, 0.29) is 12.2 Å². The van der Waals surface area contributed by atoms with Gasteiger partial charge in [-0.1, -0.05) is 12.1 Å². The summed E-state index contributed by atoms with van der Waals surface area (Å²) in [5, 5.41) is 3.68. The van der Waals surface area contributed by atoms with Gasteiger partial charge in [0.1, 0.15) is 5.75 Å². The molecule has 1 aromatic carbocycles. The van der Waals surface area contributed by atoms with Gasteiger partial charge in [0, 0.05) is 6.54 Å². The maximum Gasteiger partial charge on any atom is 0.268 e. The van der Waals surface area contributed by atoms with Crippen molar-refractivity contribution in [3.63, 3.8) is 0 Å². The molecule has 0 saturated heterocycles. The molecule has 0 fully saturated rings. The SMILES string of the molecule is CCn1ncc(S(=O)(=O)Nc2ccccc2OC)c1F. The number of rotatable bonds is 5. The van der Waals surface area contributed by atoms with E-state index in [9.17, 15) is 12.8 Å². The maximum atomic E-state index is 13.9. The van der Waals surface area contributed by atoms with E-state index in [0.29, 0.717) is 5.75 Å². The lowest BCUT2D eigenvalue weighted by Crippen LogP contribution is -2.15. The standard InChI is InChI=1S/C12H14FN3O3S/c1-3-16-12(13)11(8-14-16)20(17,18)15-9-6-4-5-7-10(9)19-2/h4-8,15H,3H2,1-2H3. The Morgan fingerprint density at radius 2 is 2.10 bits per heavy atom. The van der Waals surface area contributed by atoms with Gasteiger partial charge < -0.3 is 4.74 Å². The van der Waals surface area contributed by atoms with Gasteiger partial charge in [0.15, 0.2) is 4.90 Å². The first-order valence-corrected chi connectivity index (χ1v) is 7.35. The summed E-state index contributed by atoms with van der Waals surface area (Å²) >= 11 is 0. The van der Waals surface area contributed by atoms with Gasteiger partial charge in [0.25, 0.3) is 10.0 Å². The van der Waals surface area contributed by atoms with E-state index in [1.54, 1.807) is 25.1 Å². The van der Waals surface area contributed by atoms with Crippen LogP contribution in [0.3, 0.4) is 0 Å². The lowest BCUT2D eigenvalue weighted by Gasteiger charge is -2.10. The number of anilines is 1. The van der Waals surface area contributed by atoms with E-state index in [4.69, 9.17) is 4.74 Å². The number of aromatic nitrogens is 2. The van der Waals surface area contributed by atoms with Gasteiger partial charge >= 0.3 is 0 Å². The van der Waals surface area contributed by atoms with Crippen LogP contribution >= 0.6 is 0 Å². The van der Waals surface area contributed by atoms with Crippen molar-refractivity contribution >= 4 is 15.7 Å². The van der Waals surface area contributed by atoms with Gasteiger partial charge in [0.2, 0.25) is 5.95 Å². The van der Waals surface area contributed by atoms with Crippen molar-refractivity contribution < 1.29 is 17.5 Å². The lowest BCUT2D eigenvalue weighted by atomic mass is 10.3. The van der Waals surface area contributed by atoms with Crippen molar-refractivity contribution in [2.45, 2.75) is 18.4 Å². The molecule has 20 heavy (non-hydrogen) atoms. The number of aryl methyl sites for hydroxylation is 1. The summed E-state index contributed by atoms with van der Waals surface area (Å²) in [5.41, 5.74) is 0.235. The zero-order chi connectivity index (χ0) is 14.8. The van der Waals surface area contributed by atoms with E-state index in [1.165, 1.54) is 13.2 Å². The average molecular weight is 299 g/mol. The molecular weight excluding hydrogens is 285 g/mol. The Morgan fingerprint density at radius 1 is 1.40 bits per heavy atom. The van der Waals surface area contributed by atoms with Crippen LogP contribution in [0.5, 0.6) is 5.75 Å². The van der Waals surface area contributed by atoms with Crippen LogP contribution in [-0.2, 0) is 16.6 Å². The molecule has 2 rings (SSSR count). The second kappa shape index (κ2) is 5.49. The van der Waals surface area contributed by atoms with Crippen molar-refractivity contribution in [2.75, 3.05) is 11.8 Å². The van der Waals surface area contributed by atoms with Crippen LogP contribution in [0.15, 0.2) is 35.4 Å². The second-order valence-electron chi connectivity index (χ2n) is 3.92. The molecule has 0 saturated carbocycles. The highest BCUT2D eigenvalue weighted by Gasteiger charge is 2.24. The molecule has 1 aromatic heterocycles. The molecule has 0 unspecified atom stereocenters. The minimum atomic E-state index is -4.05. The third-order valence-corrected chi connectivity index (χ3v) is 4.03. The number of sulfonamides is 1. The third kappa shape index (κ3) is 2.60. The smallest absolute Gasteiger partial charge is 0.268 e. The molecule has 0 bridgehead atoms. The zero-order valence-electron chi connectivity index (χ0n) is 11.0. The van der Waals surface area contributed by atoms with Crippen LogP contribution < -0.4 is 9.46 Å². The topological polar surface area (TPSA) is 73.2 Å². The Morgan fingerprint density at radius 3 is 2.70 bits per heavy atom. The van der Waals surface area contributed by atoms with Crippen LogP contribution in [0.4, 0.5) is 10.1 Å². The van der Waals surface area contributed by atoms with E-state index in [1.807, 2.05) is 0 Å². The predicted molar refractivity (Wildman–Crippen MR) is 71.7 cm³/mol. The molecule has 1 heterocycles. The molecule has 108 valence electrons. The number of nitrogens with one attached hydrogen (secondary N) is 1. The number of halogens is 1. The van der Waals surface area contributed by atoms with Crippen molar-refractivity contribution in [3.05, 3.63) is 36.4 Å². The molecule has 6 nitrogen and oxygen atoms in total. The summed E-state index contributed by atoms with van der Waals surface area (Å²) in [6, 6.07) is 6.47. The third-order valence-electron chi connectivity index (χ3n) is 2.68. The van der Waals surface area contributed by atoms with Crippen LogP contribution in [0.2, 0.25) is 0 Å². The summed E-state index contributed by atoms with van der Waals surface area (Å²) in [6.07, 6.45) is 0.983. The number of nitrogens with zero attached hydrogens (tertiary/aromatic N) is 2. The quantitative estimate of drug-likeness (QED) is 0.914. The molecule has 0 aliphatic heterocycles. The largest absolute Gasteiger partial charge is 0.495 e. The first-order valence-electron chi connectivity index (χ1n) is 5.86. The summed E-state index contributed by atoms with van der Waals surface area (Å²) in [6.45, 7) is 1.91. The first-order chi connectivity index (χ1) is 9.49. The Balaban J connectivity index is 2.38. The highest BCUT2D eigenvalue weighted by atomic mass is 32.2. The predicted octanol–water partition coefficient (Wildman–Crippen LogP) is 1.85. The van der Waals surface area contributed by atoms with Gasteiger partial charge in [0.05, 0.1) is 19.0 Å². The molecule has 0 aliphatic rings. The summed E-state index contributed by atoms with van der Waals surface area (Å²) < 4.78 is 46.5. The number of ether oxygens (including phenoxy) is 1. The first kappa shape index (κ1) is 14.3. The fourth-order valence-electron chi connectivity index (χ4n) is 1.68. The minimum Gasteiger partial charge on any atom is -0.495 e. The van der Waals surface area contributed by atoms with Gasteiger partial charge in [-0.05, 0) is 19.1 Å². The number of hydrogen-bond donors (Lipinski definition) is 1. The number of para-hydroxylation sites is 2. The van der Waals surface area contributed by atoms with Crippen molar-refractivity contribution in [2.24, 2.45) is 0 Å². The van der Waals surface area contributed by atoms with E-state index in [2.05, 4.69) is 9.82 Å². The lowest BCUT2D eigenvalue weighted by molar-refractivity contribution is 0.417.